The Morgan fingerprint density at radius 1 is 1.06 bits per heavy atom. The summed E-state index contributed by atoms with van der Waals surface area (Å²) < 4.78 is 5.27. The van der Waals surface area contributed by atoms with Crippen molar-refractivity contribution in [3.8, 4) is 5.75 Å². The number of nitrogens with zero attached hydrogens (tertiary/aromatic N) is 1. The molecule has 0 saturated heterocycles. The first-order chi connectivity index (χ1) is 8.90. The van der Waals surface area contributed by atoms with E-state index in [1.807, 2.05) is 54.6 Å². The molecule has 3 nitrogen and oxygen atoms in total. The van der Waals surface area contributed by atoms with Gasteiger partial charge in [0.15, 0.2) is 0 Å². The fourth-order valence-corrected chi connectivity index (χ4v) is 1.64. The molecular formula is C15H16N2O. The molecule has 2 rings (SSSR count). The van der Waals surface area contributed by atoms with Crippen LogP contribution in [0.5, 0.6) is 5.75 Å². The molecule has 0 spiro atoms. The van der Waals surface area contributed by atoms with E-state index >= 15 is 0 Å². The summed E-state index contributed by atoms with van der Waals surface area (Å²) in [6.07, 6.45) is 1.80. The van der Waals surface area contributed by atoms with Crippen LogP contribution in [0.2, 0.25) is 0 Å². The van der Waals surface area contributed by atoms with Gasteiger partial charge in [0.05, 0.1) is 19.9 Å². The Labute approximate surface area is 107 Å². The number of hydrazone groups is 1. The smallest absolute Gasteiger partial charge is 0.123 e. The summed E-state index contributed by atoms with van der Waals surface area (Å²) in [6.45, 7) is 0.646. The van der Waals surface area contributed by atoms with E-state index in [9.17, 15) is 0 Å². The van der Waals surface area contributed by atoms with Gasteiger partial charge >= 0.3 is 0 Å². The van der Waals surface area contributed by atoms with Crippen LogP contribution < -0.4 is 10.2 Å². The molecule has 0 fully saturated rings. The lowest BCUT2D eigenvalue weighted by Crippen LogP contribution is -2.06. The van der Waals surface area contributed by atoms with Gasteiger partial charge in [-0.05, 0) is 11.6 Å². The fourth-order valence-electron chi connectivity index (χ4n) is 1.64. The number of hydrogen-bond donors (Lipinski definition) is 1. The first-order valence-electron chi connectivity index (χ1n) is 5.83. The summed E-state index contributed by atoms with van der Waals surface area (Å²) in [5, 5.41) is 4.18. The molecule has 0 aliphatic carbocycles. The average molecular weight is 240 g/mol. The van der Waals surface area contributed by atoms with Crippen molar-refractivity contribution in [1.29, 1.82) is 0 Å². The fraction of sp³-hybridized carbons (Fsp3) is 0.133. The summed E-state index contributed by atoms with van der Waals surface area (Å²) >= 11 is 0. The van der Waals surface area contributed by atoms with E-state index in [0.29, 0.717) is 6.54 Å². The predicted octanol–water partition coefficient (Wildman–Crippen LogP) is 2.82. The molecule has 3 heteroatoms. The normalized spacial score (nSPS) is 10.5. The molecule has 0 saturated carbocycles. The lowest BCUT2D eigenvalue weighted by Gasteiger charge is -2.07. The molecule has 2 aromatic rings. The van der Waals surface area contributed by atoms with Crippen molar-refractivity contribution in [3.63, 3.8) is 0 Å². The van der Waals surface area contributed by atoms with E-state index in [2.05, 4.69) is 10.5 Å². The van der Waals surface area contributed by atoms with Gasteiger partial charge in [0, 0.05) is 5.56 Å². The molecule has 0 aliphatic rings. The first kappa shape index (κ1) is 12.2. The third kappa shape index (κ3) is 3.35. The third-order valence-corrected chi connectivity index (χ3v) is 2.57. The maximum atomic E-state index is 5.27. The Morgan fingerprint density at radius 2 is 1.78 bits per heavy atom. The molecule has 0 atom stereocenters. The van der Waals surface area contributed by atoms with Crippen molar-refractivity contribution < 1.29 is 4.74 Å². The lowest BCUT2D eigenvalue weighted by molar-refractivity contribution is 0.408. The van der Waals surface area contributed by atoms with E-state index in [0.717, 1.165) is 16.9 Å². The average Bonchev–Trinajstić information content (AvgIpc) is 2.45. The zero-order valence-electron chi connectivity index (χ0n) is 10.3. The molecule has 0 amide bonds. The maximum absolute atomic E-state index is 5.27. The van der Waals surface area contributed by atoms with Crippen molar-refractivity contribution in [2.24, 2.45) is 5.10 Å². The molecule has 2 aromatic carbocycles. The van der Waals surface area contributed by atoms with Gasteiger partial charge in [-0.25, -0.2) is 0 Å². The van der Waals surface area contributed by atoms with E-state index in [1.54, 1.807) is 13.3 Å². The predicted molar refractivity (Wildman–Crippen MR) is 73.9 cm³/mol. The van der Waals surface area contributed by atoms with Crippen LogP contribution in [0.4, 0.5) is 0 Å². The van der Waals surface area contributed by atoms with Gasteiger partial charge in [-0.3, -0.25) is 0 Å². The molecule has 1 N–H and O–H groups in total. The molecule has 0 aromatic heterocycles. The Balaban J connectivity index is 1.91. The summed E-state index contributed by atoms with van der Waals surface area (Å²) in [5.41, 5.74) is 5.18. The van der Waals surface area contributed by atoms with Gasteiger partial charge in [-0.1, -0.05) is 48.5 Å². The van der Waals surface area contributed by atoms with Crippen LogP contribution in [0.25, 0.3) is 0 Å². The SMILES string of the molecule is COc1ccccc1CN/N=C/c1ccccc1. The van der Waals surface area contributed by atoms with Crippen LogP contribution in [0.1, 0.15) is 11.1 Å². The van der Waals surface area contributed by atoms with Crippen LogP contribution in [0, 0.1) is 0 Å². The number of benzene rings is 2. The molecular weight excluding hydrogens is 224 g/mol. The van der Waals surface area contributed by atoms with Gasteiger partial charge in [0.25, 0.3) is 0 Å². The highest BCUT2D eigenvalue weighted by Gasteiger charge is 1.99. The van der Waals surface area contributed by atoms with Crippen LogP contribution in [0.3, 0.4) is 0 Å². The Morgan fingerprint density at radius 3 is 2.56 bits per heavy atom. The molecule has 0 radical (unpaired) electrons. The van der Waals surface area contributed by atoms with Gasteiger partial charge < -0.3 is 10.2 Å². The number of ether oxygens (including phenoxy) is 1. The van der Waals surface area contributed by atoms with E-state index < -0.39 is 0 Å². The Bertz CT molecular complexity index is 509. The van der Waals surface area contributed by atoms with Gasteiger partial charge in [0.1, 0.15) is 5.75 Å². The van der Waals surface area contributed by atoms with Crippen molar-refractivity contribution in [2.45, 2.75) is 6.54 Å². The highest BCUT2D eigenvalue weighted by Crippen LogP contribution is 2.16. The van der Waals surface area contributed by atoms with Crippen molar-refractivity contribution in [3.05, 3.63) is 65.7 Å². The Kier molecular flexibility index (Phi) is 4.36. The number of para-hydroxylation sites is 1. The monoisotopic (exact) mass is 240 g/mol. The van der Waals surface area contributed by atoms with Crippen LogP contribution in [0.15, 0.2) is 59.7 Å². The van der Waals surface area contributed by atoms with E-state index in [4.69, 9.17) is 4.74 Å². The molecule has 0 aliphatic heterocycles. The van der Waals surface area contributed by atoms with Gasteiger partial charge in [0.2, 0.25) is 0 Å². The summed E-state index contributed by atoms with van der Waals surface area (Å²) in [4.78, 5) is 0. The lowest BCUT2D eigenvalue weighted by atomic mass is 10.2. The second-order valence-electron chi connectivity index (χ2n) is 3.82. The molecule has 0 heterocycles. The number of nitrogens with one attached hydrogen (secondary N) is 1. The molecule has 92 valence electrons. The Hall–Kier alpha value is -2.29. The van der Waals surface area contributed by atoms with Crippen LogP contribution in [-0.4, -0.2) is 13.3 Å². The summed E-state index contributed by atoms with van der Waals surface area (Å²) in [7, 11) is 1.67. The van der Waals surface area contributed by atoms with Crippen LogP contribution in [-0.2, 0) is 6.54 Å². The van der Waals surface area contributed by atoms with Gasteiger partial charge in [-0.15, -0.1) is 0 Å². The number of methoxy groups -OCH3 is 1. The highest BCUT2D eigenvalue weighted by molar-refractivity contribution is 5.79. The minimum atomic E-state index is 0.646. The quantitative estimate of drug-likeness (QED) is 0.644. The largest absolute Gasteiger partial charge is 0.496 e. The van der Waals surface area contributed by atoms with Gasteiger partial charge in [-0.2, -0.15) is 5.10 Å². The molecule has 18 heavy (non-hydrogen) atoms. The van der Waals surface area contributed by atoms with Crippen molar-refractivity contribution in [2.75, 3.05) is 7.11 Å². The third-order valence-electron chi connectivity index (χ3n) is 2.57. The summed E-state index contributed by atoms with van der Waals surface area (Å²) in [6, 6.07) is 17.9. The summed E-state index contributed by atoms with van der Waals surface area (Å²) in [5.74, 6) is 0.875. The van der Waals surface area contributed by atoms with E-state index in [1.165, 1.54) is 0 Å². The maximum Gasteiger partial charge on any atom is 0.123 e. The minimum absolute atomic E-state index is 0.646. The zero-order valence-corrected chi connectivity index (χ0v) is 10.3. The van der Waals surface area contributed by atoms with Crippen molar-refractivity contribution >= 4 is 6.21 Å². The highest BCUT2D eigenvalue weighted by atomic mass is 16.5. The number of rotatable bonds is 5. The topological polar surface area (TPSA) is 33.6 Å². The second-order valence-corrected chi connectivity index (χ2v) is 3.82. The first-order valence-corrected chi connectivity index (χ1v) is 5.83. The molecule has 0 unspecified atom stereocenters. The van der Waals surface area contributed by atoms with Crippen molar-refractivity contribution in [1.82, 2.24) is 5.43 Å². The second kappa shape index (κ2) is 6.45. The van der Waals surface area contributed by atoms with E-state index in [-0.39, 0.29) is 0 Å². The minimum Gasteiger partial charge on any atom is -0.496 e. The number of hydrogen-bond acceptors (Lipinski definition) is 3. The van der Waals surface area contributed by atoms with Crippen LogP contribution >= 0.6 is 0 Å². The molecule has 0 bridgehead atoms. The zero-order chi connectivity index (χ0) is 12.6. The standard InChI is InChI=1S/C15H16N2O/c1-18-15-10-6-5-9-14(15)12-17-16-11-13-7-3-2-4-8-13/h2-11,17H,12H2,1H3/b16-11+.